The molecule has 6 nitrogen and oxygen atoms in total. The Hall–Kier alpha value is -2.97. The predicted molar refractivity (Wildman–Crippen MR) is 80.7 cm³/mol. The fraction of sp³-hybridized carbons (Fsp3) is 0.200. The van der Waals surface area contributed by atoms with Gasteiger partial charge in [-0.3, -0.25) is 9.89 Å². The SMILES string of the molecule is C/C(=C/N)c1cc(CNC(=O)c2ccccc2OC(F)(F)F)[nH]n1. The van der Waals surface area contributed by atoms with Crippen LogP contribution in [0.4, 0.5) is 13.2 Å². The van der Waals surface area contributed by atoms with Gasteiger partial charge in [0.05, 0.1) is 23.5 Å². The summed E-state index contributed by atoms with van der Waals surface area (Å²) < 4.78 is 40.9. The van der Waals surface area contributed by atoms with Gasteiger partial charge in [0.2, 0.25) is 0 Å². The van der Waals surface area contributed by atoms with Crippen molar-refractivity contribution in [2.45, 2.75) is 19.8 Å². The van der Waals surface area contributed by atoms with Gasteiger partial charge in [0, 0.05) is 0 Å². The summed E-state index contributed by atoms with van der Waals surface area (Å²) in [6.07, 6.45) is -3.48. The topological polar surface area (TPSA) is 93.0 Å². The molecule has 0 aliphatic carbocycles. The van der Waals surface area contributed by atoms with E-state index in [-0.39, 0.29) is 12.1 Å². The Balaban J connectivity index is 2.07. The van der Waals surface area contributed by atoms with E-state index in [1.165, 1.54) is 24.4 Å². The van der Waals surface area contributed by atoms with E-state index in [0.29, 0.717) is 11.4 Å². The van der Waals surface area contributed by atoms with E-state index in [4.69, 9.17) is 5.73 Å². The zero-order valence-electron chi connectivity index (χ0n) is 12.6. The Labute approximate surface area is 135 Å². The monoisotopic (exact) mass is 340 g/mol. The zero-order valence-corrected chi connectivity index (χ0v) is 12.6. The van der Waals surface area contributed by atoms with E-state index in [0.717, 1.165) is 11.6 Å². The summed E-state index contributed by atoms with van der Waals surface area (Å²) in [7, 11) is 0. The van der Waals surface area contributed by atoms with Gasteiger partial charge in [-0.1, -0.05) is 12.1 Å². The van der Waals surface area contributed by atoms with Crippen LogP contribution in [0.3, 0.4) is 0 Å². The lowest BCUT2D eigenvalue weighted by molar-refractivity contribution is -0.274. The first-order valence-corrected chi connectivity index (χ1v) is 6.86. The van der Waals surface area contributed by atoms with Crippen LogP contribution in [0.1, 0.15) is 28.7 Å². The fourth-order valence-corrected chi connectivity index (χ4v) is 1.88. The van der Waals surface area contributed by atoms with Crippen LogP contribution in [0.2, 0.25) is 0 Å². The average Bonchev–Trinajstić information content (AvgIpc) is 3.00. The van der Waals surface area contributed by atoms with Crippen molar-refractivity contribution in [3.8, 4) is 5.75 Å². The molecule has 24 heavy (non-hydrogen) atoms. The van der Waals surface area contributed by atoms with Crippen LogP contribution in [0, 0.1) is 0 Å². The lowest BCUT2D eigenvalue weighted by atomic mass is 10.2. The molecule has 1 heterocycles. The molecule has 9 heteroatoms. The van der Waals surface area contributed by atoms with Crippen LogP contribution in [0.5, 0.6) is 5.75 Å². The molecule has 0 spiro atoms. The van der Waals surface area contributed by atoms with Crippen molar-refractivity contribution in [1.82, 2.24) is 15.5 Å². The van der Waals surface area contributed by atoms with Gasteiger partial charge in [0.1, 0.15) is 5.75 Å². The molecule has 0 unspecified atom stereocenters. The van der Waals surface area contributed by atoms with E-state index < -0.39 is 18.0 Å². The van der Waals surface area contributed by atoms with Gasteiger partial charge in [-0.05, 0) is 36.9 Å². The Bertz CT molecular complexity index is 753. The molecule has 0 saturated heterocycles. The number of amides is 1. The van der Waals surface area contributed by atoms with Gasteiger partial charge >= 0.3 is 6.36 Å². The molecule has 4 N–H and O–H groups in total. The first kappa shape index (κ1) is 17.4. The first-order chi connectivity index (χ1) is 11.3. The Morgan fingerprint density at radius 2 is 2.12 bits per heavy atom. The van der Waals surface area contributed by atoms with E-state index in [9.17, 15) is 18.0 Å². The smallest absolute Gasteiger partial charge is 0.405 e. The molecular formula is C15H15F3N4O2. The van der Waals surface area contributed by atoms with E-state index in [1.54, 1.807) is 13.0 Å². The number of carbonyl (C=O) groups excluding carboxylic acids is 1. The van der Waals surface area contributed by atoms with Crippen LogP contribution in [-0.4, -0.2) is 22.5 Å². The number of nitrogens with one attached hydrogen (secondary N) is 2. The molecule has 0 saturated carbocycles. The third kappa shape index (κ3) is 4.51. The number of H-pyrrole nitrogens is 1. The number of nitrogens with two attached hydrogens (primary N) is 1. The minimum Gasteiger partial charge on any atom is -0.405 e. The standard InChI is InChI=1S/C15H15F3N4O2/c1-9(7-19)12-6-10(21-22-12)8-20-14(23)11-4-2-3-5-13(11)24-15(16,17)18/h2-7H,8,19H2,1H3,(H,20,23)(H,21,22)/b9-7-. The molecule has 2 aromatic rings. The molecule has 0 bridgehead atoms. The molecule has 0 aliphatic rings. The zero-order chi connectivity index (χ0) is 17.7. The number of nitrogens with zero attached hydrogens (tertiary/aromatic N) is 1. The highest BCUT2D eigenvalue weighted by atomic mass is 19.4. The highest BCUT2D eigenvalue weighted by Crippen LogP contribution is 2.26. The van der Waals surface area contributed by atoms with Crippen LogP contribution in [0.15, 0.2) is 36.5 Å². The number of allylic oxidation sites excluding steroid dienone is 1. The molecule has 0 aliphatic heterocycles. The van der Waals surface area contributed by atoms with Crippen molar-refractivity contribution in [1.29, 1.82) is 0 Å². The number of aromatic nitrogens is 2. The molecule has 0 radical (unpaired) electrons. The third-order valence-electron chi connectivity index (χ3n) is 3.08. The van der Waals surface area contributed by atoms with Crippen LogP contribution in [-0.2, 0) is 6.54 Å². The van der Waals surface area contributed by atoms with Crippen molar-refractivity contribution in [2.75, 3.05) is 0 Å². The van der Waals surface area contributed by atoms with Gasteiger partial charge in [0.15, 0.2) is 0 Å². The van der Waals surface area contributed by atoms with Crippen molar-refractivity contribution >= 4 is 11.5 Å². The van der Waals surface area contributed by atoms with Crippen LogP contribution in [0.25, 0.3) is 5.57 Å². The number of para-hydroxylation sites is 1. The van der Waals surface area contributed by atoms with Crippen molar-refractivity contribution < 1.29 is 22.7 Å². The summed E-state index contributed by atoms with van der Waals surface area (Å²) in [6, 6.07) is 6.79. The Morgan fingerprint density at radius 1 is 1.42 bits per heavy atom. The maximum Gasteiger partial charge on any atom is 0.573 e. The normalized spacial score (nSPS) is 12.1. The lowest BCUT2D eigenvalue weighted by Crippen LogP contribution is -2.25. The molecule has 1 aromatic heterocycles. The van der Waals surface area contributed by atoms with Gasteiger partial charge < -0.3 is 15.8 Å². The highest BCUT2D eigenvalue weighted by Gasteiger charge is 2.32. The molecule has 1 amide bonds. The maximum atomic E-state index is 12.4. The minimum absolute atomic E-state index is 0.0596. The molecule has 0 fully saturated rings. The Morgan fingerprint density at radius 3 is 2.79 bits per heavy atom. The van der Waals surface area contributed by atoms with Gasteiger partial charge in [-0.25, -0.2) is 0 Å². The highest BCUT2D eigenvalue weighted by molar-refractivity contribution is 5.96. The summed E-state index contributed by atoms with van der Waals surface area (Å²) in [6.45, 7) is 1.83. The second kappa shape index (κ2) is 7.07. The average molecular weight is 340 g/mol. The van der Waals surface area contributed by atoms with E-state index >= 15 is 0 Å². The Kier molecular flexibility index (Phi) is 5.12. The van der Waals surface area contributed by atoms with E-state index in [1.807, 2.05) is 0 Å². The summed E-state index contributed by atoms with van der Waals surface area (Å²) in [5, 5.41) is 9.22. The summed E-state index contributed by atoms with van der Waals surface area (Å²) >= 11 is 0. The second-order valence-electron chi connectivity index (χ2n) is 4.85. The third-order valence-corrected chi connectivity index (χ3v) is 3.08. The van der Waals surface area contributed by atoms with Crippen molar-refractivity contribution in [3.63, 3.8) is 0 Å². The molecule has 128 valence electrons. The largest absolute Gasteiger partial charge is 0.573 e. The number of carbonyl (C=O) groups is 1. The van der Waals surface area contributed by atoms with Crippen LogP contribution < -0.4 is 15.8 Å². The first-order valence-electron chi connectivity index (χ1n) is 6.86. The number of hydrogen-bond acceptors (Lipinski definition) is 4. The van der Waals surface area contributed by atoms with Gasteiger partial charge in [-0.15, -0.1) is 13.2 Å². The quantitative estimate of drug-likeness (QED) is 0.780. The predicted octanol–water partition coefficient (Wildman–Crippen LogP) is 2.56. The number of rotatable bonds is 5. The summed E-state index contributed by atoms with van der Waals surface area (Å²) in [4.78, 5) is 12.1. The molecule has 0 atom stereocenters. The lowest BCUT2D eigenvalue weighted by Gasteiger charge is -2.12. The number of benzene rings is 1. The summed E-state index contributed by atoms with van der Waals surface area (Å²) in [5.74, 6) is -1.26. The van der Waals surface area contributed by atoms with Crippen molar-refractivity contribution in [3.05, 3.63) is 53.5 Å². The number of halogens is 3. The number of ether oxygens (including phenoxy) is 1. The number of alkyl halides is 3. The minimum atomic E-state index is -4.87. The number of aromatic amines is 1. The van der Waals surface area contributed by atoms with Crippen molar-refractivity contribution in [2.24, 2.45) is 5.73 Å². The molecular weight excluding hydrogens is 325 g/mol. The molecule has 1 aromatic carbocycles. The maximum absolute atomic E-state index is 12.4. The molecule has 2 rings (SSSR count). The van der Waals surface area contributed by atoms with Crippen LogP contribution >= 0.6 is 0 Å². The summed E-state index contributed by atoms with van der Waals surface area (Å²) in [5.41, 5.74) is 7.11. The second-order valence-corrected chi connectivity index (χ2v) is 4.85. The van der Waals surface area contributed by atoms with Gasteiger partial charge in [-0.2, -0.15) is 5.10 Å². The van der Waals surface area contributed by atoms with E-state index in [2.05, 4.69) is 20.3 Å². The van der Waals surface area contributed by atoms with Gasteiger partial charge in [0.25, 0.3) is 5.91 Å². The number of hydrogen-bond donors (Lipinski definition) is 3. The fourth-order valence-electron chi connectivity index (χ4n) is 1.88.